The van der Waals surface area contributed by atoms with E-state index < -0.39 is 5.97 Å². The first-order chi connectivity index (χ1) is 18.1. The largest absolute Gasteiger partial charge is 0.472 e. The van der Waals surface area contributed by atoms with Crippen LogP contribution in [0.4, 0.5) is 5.69 Å². The minimum absolute atomic E-state index is 0.00564. The summed E-state index contributed by atoms with van der Waals surface area (Å²) in [5.41, 5.74) is 4.35. The number of ether oxygens (including phenoxy) is 3. The van der Waals surface area contributed by atoms with Gasteiger partial charge in [0.2, 0.25) is 5.88 Å². The molecule has 9 nitrogen and oxygen atoms in total. The molecular weight excluding hydrogens is 516 g/mol. The summed E-state index contributed by atoms with van der Waals surface area (Å²) in [4.78, 5) is 19.1. The maximum Gasteiger partial charge on any atom is 0.348 e. The number of anilines is 1. The molecule has 4 heterocycles. The highest BCUT2D eigenvalue weighted by molar-refractivity contribution is 7.18. The van der Waals surface area contributed by atoms with Gasteiger partial charge in [0.1, 0.15) is 39.4 Å². The van der Waals surface area contributed by atoms with Gasteiger partial charge in [-0.05, 0) is 24.3 Å². The van der Waals surface area contributed by atoms with Gasteiger partial charge in [-0.25, -0.2) is 9.78 Å². The lowest BCUT2D eigenvalue weighted by Crippen LogP contribution is -2.36. The highest BCUT2D eigenvalue weighted by atomic mass is 35.5. The standard InChI is InChI=1S/C26H21ClN4O5S/c1-33-26(32)23-12-17(24(27)37-23)15-35-25-20(14-28)19(21-6-9-36-30-21)13-22(29-25)16-2-4-18(5-3-16)31-7-10-34-11-8-31/h2-6,9,12-13H,7-8,10-11,15H2,1H3. The fourth-order valence-corrected chi connectivity index (χ4v) is 5.12. The molecule has 1 saturated heterocycles. The Morgan fingerprint density at radius 2 is 1.97 bits per heavy atom. The van der Waals surface area contributed by atoms with E-state index in [0.29, 0.717) is 44.9 Å². The number of carbonyl (C=O) groups excluding carboxylic acids is 1. The Balaban J connectivity index is 1.49. The second-order valence-electron chi connectivity index (χ2n) is 8.07. The van der Waals surface area contributed by atoms with E-state index in [1.807, 2.05) is 24.3 Å². The van der Waals surface area contributed by atoms with Crippen molar-refractivity contribution in [1.29, 1.82) is 5.26 Å². The monoisotopic (exact) mass is 536 g/mol. The van der Waals surface area contributed by atoms with Crippen LogP contribution in [-0.2, 0) is 16.1 Å². The van der Waals surface area contributed by atoms with Crippen molar-refractivity contribution in [2.75, 3.05) is 38.3 Å². The topological polar surface area (TPSA) is 111 Å². The van der Waals surface area contributed by atoms with Gasteiger partial charge in [-0.1, -0.05) is 28.9 Å². The lowest BCUT2D eigenvalue weighted by molar-refractivity contribution is 0.0606. The van der Waals surface area contributed by atoms with Crippen LogP contribution in [0.2, 0.25) is 4.34 Å². The number of hydrogen-bond donors (Lipinski definition) is 0. The maximum atomic E-state index is 11.9. The van der Waals surface area contributed by atoms with Gasteiger partial charge in [0, 0.05) is 41.5 Å². The van der Waals surface area contributed by atoms with E-state index in [0.717, 1.165) is 35.7 Å². The van der Waals surface area contributed by atoms with Gasteiger partial charge >= 0.3 is 5.97 Å². The number of nitriles is 1. The first-order valence-corrected chi connectivity index (χ1v) is 12.5. The van der Waals surface area contributed by atoms with Gasteiger partial charge in [0.05, 0.1) is 26.0 Å². The predicted octanol–water partition coefficient (Wildman–Crippen LogP) is 5.19. The van der Waals surface area contributed by atoms with Gasteiger partial charge < -0.3 is 23.6 Å². The van der Waals surface area contributed by atoms with Gasteiger partial charge in [0.25, 0.3) is 0 Å². The zero-order chi connectivity index (χ0) is 25.8. The van der Waals surface area contributed by atoms with Crippen LogP contribution in [0.5, 0.6) is 5.88 Å². The third kappa shape index (κ3) is 5.29. The number of halogens is 1. The molecule has 0 spiro atoms. The Morgan fingerprint density at radius 3 is 2.65 bits per heavy atom. The number of pyridine rings is 1. The number of aromatic nitrogens is 2. The van der Waals surface area contributed by atoms with Crippen molar-refractivity contribution in [3.8, 4) is 34.5 Å². The molecule has 11 heteroatoms. The third-order valence-electron chi connectivity index (χ3n) is 5.86. The van der Waals surface area contributed by atoms with Crippen LogP contribution in [0.15, 0.2) is 53.3 Å². The summed E-state index contributed by atoms with van der Waals surface area (Å²) in [5.74, 6) is -0.359. The van der Waals surface area contributed by atoms with E-state index in [1.165, 1.54) is 13.4 Å². The third-order valence-corrected chi connectivity index (χ3v) is 7.28. The Morgan fingerprint density at radius 1 is 1.19 bits per heavy atom. The molecule has 0 amide bonds. The van der Waals surface area contributed by atoms with E-state index in [2.05, 4.69) is 21.1 Å². The fourth-order valence-electron chi connectivity index (χ4n) is 3.95. The van der Waals surface area contributed by atoms with Crippen LogP contribution in [0.25, 0.3) is 22.5 Å². The van der Waals surface area contributed by atoms with Crippen LogP contribution >= 0.6 is 22.9 Å². The number of esters is 1. The molecule has 1 aliphatic rings. The van der Waals surface area contributed by atoms with Crippen LogP contribution in [0.1, 0.15) is 20.8 Å². The van der Waals surface area contributed by atoms with E-state index in [1.54, 1.807) is 18.2 Å². The zero-order valence-electron chi connectivity index (χ0n) is 19.8. The number of carbonyl (C=O) groups is 1. The second kappa shape index (κ2) is 11.0. The average molecular weight is 537 g/mol. The van der Waals surface area contributed by atoms with Gasteiger partial charge in [-0.2, -0.15) is 5.26 Å². The summed E-state index contributed by atoms with van der Waals surface area (Å²) in [6.45, 7) is 3.09. The molecule has 4 aromatic rings. The molecule has 1 fully saturated rings. The number of nitrogens with zero attached hydrogens (tertiary/aromatic N) is 4. The fraction of sp³-hybridized carbons (Fsp3) is 0.231. The van der Waals surface area contributed by atoms with Crippen molar-refractivity contribution in [3.63, 3.8) is 0 Å². The first-order valence-electron chi connectivity index (χ1n) is 11.4. The predicted molar refractivity (Wildman–Crippen MR) is 138 cm³/mol. The molecule has 5 rings (SSSR count). The Labute approximate surface area is 221 Å². The van der Waals surface area contributed by atoms with Crippen molar-refractivity contribution in [1.82, 2.24) is 10.1 Å². The highest BCUT2D eigenvalue weighted by Gasteiger charge is 2.20. The molecule has 188 valence electrons. The molecule has 1 aromatic carbocycles. The number of morpholine rings is 1. The molecule has 0 radical (unpaired) electrons. The summed E-state index contributed by atoms with van der Waals surface area (Å²) >= 11 is 7.41. The molecule has 0 N–H and O–H groups in total. The minimum Gasteiger partial charge on any atom is -0.472 e. The summed E-state index contributed by atoms with van der Waals surface area (Å²) in [7, 11) is 1.31. The van der Waals surface area contributed by atoms with Crippen LogP contribution in [-0.4, -0.2) is 49.5 Å². The molecule has 3 aromatic heterocycles. The van der Waals surface area contributed by atoms with Crippen LogP contribution < -0.4 is 9.64 Å². The number of thiophene rings is 1. The SMILES string of the molecule is COC(=O)c1cc(COc2nc(-c3ccc(N4CCOCC4)cc3)cc(-c3ccon3)c2C#N)c(Cl)s1. The van der Waals surface area contributed by atoms with Crippen molar-refractivity contribution >= 4 is 34.6 Å². The molecule has 0 atom stereocenters. The molecule has 0 unspecified atom stereocenters. The van der Waals surface area contributed by atoms with Crippen molar-refractivity contribution in [2.45, 2.75) is 6.61 Å². The van der Waals surface area contributed by atoms with Gasteiger partial charge in [-0.3, -0.25) is 0 Å². The zero-order valence-corrected chi connectivity index (χ0v) is 21.3. The van der Waals surface area contributed by atoms with Gasteiger partial charge in [-0.15, -0.1) is 11.3 Å². The molecule has 37 heavy (non-hydrogen) atoms. The molecule has 1 aliphatic heterocycles. The number of hydrogen-bond acceptors (Lipinski definition) is 10. The Kier molecular flexibility index (Phi) is 7.37. The summed E-state index contributed by atoms with van der Waals surface area (Å²) in [5, 5.41) is 14.0. The number of methoxy groups -OCH3 is 1. The smallest absolute Gasteiger partial charge is 0.348 e. The first kappa shape index (κ1) is 24.8. The Hall–Kier alpha value is -3.91. The molecule has 0 saturated carbocycles. The second-order valence-corrected chi connectivity index (χ2v) is 9.72. The lowest BCUT2D eigenvalue weighted by atomic mass is 10.0. The number of rotatable bonds is 7. The van der Waals surface area contributed by atoms with E-state index >= 15 is 0 Å². The van der Waals surface area contributed by atoms with Crippen molar-refractivity contribution in [2.24, 2.45) is 0 Å². The quantitative estimate of drug-likeness (QED) is 0.294. The maximum absolute atomic E-state index is 11.9. The summed E-state index contributed by atoms with van der Waals surface area (Å²) in [6.07, 6.45) is 1.44. The van der Waals surface area contributed by atoms with E-state index in [9.17, 15) is 10.1 Å². The van der Waals surface area contributed by atoms with E-state index in [-0.39, 0.29) is 18.1 Å². The molecular formula is C26H21ClN4O5S. The number of benzene rings is 1. The lowest BCUT2D eigenvalue weighted by Gasteiger charge is -2.28. The van der Waals surface area contributed by atoms with Crippen molar-refractivity contribution < 1.29 is 23.5 Å². The van der Waals surface area contributed by atoms with E-state index in [4.69, 9.17) is 30.3 Å². The van der Waals surface area contributed by atoms with Crippen LogP contribution in [0.3, 0.4) is 0 Å². The summed E-state index contributed by atoms with van der Waals surface area (Å²) < 4.78 is 21.6. The average Bonchev–Trinajstić information content (AvgIpc) is 3.61. The van der Waals surface area contributed by atoms with Gasteiger partial charge in [0.15, 0.2) is 0 Å². The molecule has 0 bridgehead atoms. The summed E-state index contributed by atoms with van der Waals surface area (Å²) in [6, 6.07) is 15.3. The van der Waals surface area contributed by atoms with Crippen molar-refractivity contribution in [3.05, 3.63) is 69.1 Å². The Bertz CT molecular complexity index is 1440. The molecule has 0 aliphatic carbocycles. The minimum atomic E-state index is -0.482. The highest BCUT2D eigenvalue weighted by Crippen LogP contribution is 2.35. The van der Waals surface area contributed by atoms with Crippen LogP contribution in [0, 0.1) is 11.3 Å². The normalized spacial score (nSPS) is 13.3.